The minimum Gasteiger partial charge on any atom is -0.305 e. The van der Waals surface area contributed by atoms with Crippen molar-refractivity contribution in [2.75, 3.05) is 5.32 Å². The van der Waals surface area contributed by atoms with Gasteiger partial charge in [0.1, 0.15) is 23.0 Å². The van der Waals surface area contributed by atoms with Crippen LogP contribution in [0, 0.1) is 17.5 Å². The number of alkyl halides is 4. The molecule has 0 atom stereocenters. The zero-order chi connectivity index (χ0) is 21.1. The first-order chi connectivity index (χ1) is 13.0. The molecule has 0 heterocycles. The highest BCUT2D eigenvalue weighted by molar-refractivity contribution is 8.00. The van der Waals surface area contributed by atoms with Gasteiger partial charge < -0.3 is 5.32 Å². The first-order valence-electron chi connectivity index (χ1n) is 7.22. The Morgan fingerprint density at radius 3 is 2.11 bits per heavy atom. The standard InChI is InChI=1S/C16H9F7N2O2S/c17-8-2-1-3-9(18)12(8)13(26)25-15(27)24-11-5-4-7(6-10(11)19)28-16(22,23)14(20)21/h1-6,14H,(H2,24,25,26,27). The van der Waals surface area contributed by atoms with Crippen LogP contribution in [0.2, 0.25) is 0 Å². The molecule has 3 amide bonds. The average molecular weight is 426 g/mol. The van der Waals surface area contributed by atoms with Gasteiger partial charge in [0.25, 0.3) is 5.91 Å². The van der Waals surface area contributed by atoms with Gasteiger partial charge in [0, 0.05) is 4.90 Å². The minimum atomic E-state index is -4.45. The predicted octanol–water partition coefficient (Wildman–Crippen LogP) is 5.02. The molecule has 0 bridgehead atoms. The van der Waals surface area contributed by atoms with E-state index in [1.165, 1.54) is 0 Å². The largest absolute Gasteiger partial charge is 0.357 e. The summed E-state index contributed by atoms with van der Waals surface area (Å²) in [6.07, 6.45) is -3.98. The lowest BCUT2D eigenvalue weighted by Crippen LogP contribution is -2.35. The monoisotopic (exact) mass is 426 g/mol. The molecule has 2 N–H and O–H groups in total. The number of hydrogen-bond acceptors (Lipinski definition) is 3. The van der Waals surface area contributed by atoms with E-state index < -0.39 is 69.0 Å². The van der Waals surface area contributed by atoms with Crippen molar-refractivity contribution >= 4 is 29.4 Å². The van der Waals surface area contributed by atoms with Crippen LogP contribution in [0.3, 0.4) is 0 Å². The van der Waals surface area contributed by atoms with E-state index in [0.29, 0.717) is 6.07 Å². The van der Waals surface area contributed by atoms with Crippen molar-refractivity contribution in [3.05, 3.63) is 59.4 Å². The van der Waals surface area contributed by atoms with Crippen LogP contribution in [0.5, 0.6) is 0 Å². The summed E-state index contributed by atoms with van der Waals surface area (Å²) in [6, 6.07) is 3.26. The highest BCUT2D eigenvalue weighted by atomic mass is 32.2. The van der Waals surface area contributed by atoms with Gasteiger partial charge in [0.15, 0.2) is 0 Å². The lowest BCUT2D eigenvalue weighted by Gasteiger charge is -2.15. The molecule has 28 heavy (non-hydrogen) atoms. The van der Waals surface area contributed by atoms with E-state index in [1.54, 1.807) is 5.32 Å². The van der Waals surface area contributed by atoms with Gasteiger partial charge in [-0.05, 0) is 42.1 Å². The van der Waals surface area contributed by atoms with Gasteiger partial charge in [0.2, 0.25) is 0 Å². The summed E-state index contributed by atoms with van der Waals surface area (Å²) >= 11 is -0.582. The van der Waals surface area contributed by atoms with Crippen LogP contribution in [0.1, 0.15) is 10.4 Å². The van der Waals surface area contributed by atoms with Crippen molar-refractivity contribution in [1.82, 2.24) is 5.32 Å². The van der Waals surface area contributed by atoms with Crippen LogP contribution in [-0.2, 0) is 0 Å². The molecule has 0 radical (unpaired) electrons. The van der Waals surface area contributed by atoms with Crippen molar-refractivity contribution in [3.8, 4) is 0 Å². The molecule has 0 saturated heterocycles. The Morgan fingerprint density at radius 2 is 1.57 bits per heavy atom. The molecule has 2 rings (SSSR count). The molecule has 2 aromatic rings. The Kier molecular flexibility index (Phi) is 6.54. The summed E-state index contributed by atoms with van der Waals surface area (Å²) in [5.74, 6) is -5.19. The van der Waals surface area contributed by atoms with E-state index in [1.807, 2.05) is 5.32 Å². The summed E-state index contributed by atoms with van der Waals surface area (Å²) in [5.41, 5.74) is -1.64. The van der Waals surface area contributed by atoms with Crippen LogP contribution in [0.15, 0.2) is 41.3 Å². The molecule has 0 aromatic heterocycles. The van der Waals surface area contributed by atoms with Crippen LogP contribution >= 0.6 is 11.8 Å². The van der Waals surface area contributed by atoms with E-state index in [2.05, 4.69) is 0 Å². The van der Waals surface area contributed by atoms with Crippen LogP contribution in [-0.4, -0.2) is 23.6 Å². The molecular weight excluding hydrogens is 417 g/mol. The van der Waals surface area contributed by atoms with Gasteiger partial charge in [-0.1, -0.05) is 6.07 Å². The SMILES string of the molecule is O=C(NC(=O)c1c(F)cccc1F)Nc1ccc(SC(F)(F)C(F)F)cc1F. The first kappa shape index (κ1) is 21.5. The number of thioether (sulfide) groups is 1. The maximum Gasteiger partial charge on any atom is 0.357 e. The third-order valence-corrected chi connectivity index (χ3v) is 4.05. The van der Waals surface area contributed by atoms with Gasteiger partial charge in [-0.15, -0.1) is 0 Å². The molecule has 0 saturated carbocycles. The number of carbonyl (C=O) groups excluding carboxylic acids is 2. The van der Waals surface area contributed by atoms with Gasteiger partial charge >= 0.3 is 17.7 Å². The molecule has 0 aliphatic heterocycles. The summed E-state index contributed by atoms with van der Waals surface area (Å²) in [6.45, 7) is 0. The number of halogens is 7. The normalized spacial score (nSPS) is 11.4. The summed E-state index contributed by atoms with van der Waals surface area (Å²) in [4.78, 5) is 22.9. The molecule has 150 valence electrons. The fraction of sp³-hybridized carbons (Fsp3) is 0.125. The Hall–Kier alpha value is -2.76. The topological polar surface area (TPSA) is 58.2 Å². The number of hydrogen-bond donors (Lipinski definition) is 2. The molecule has 12 heteroatoms. The molecule has 0 unspecified atom stereocenters. The van der Waals surface area contributed by atoms with E-state index in [4.69, 9.17) is 0 Å². The highest BCUT2D eigenvalue weighted by Gasteiger charge is 2.42. The number of urea groups is 1. The molecule has 0 aliphatic rings. The smallest absolute Gasteiger partial charge is 0.305 e. The molecule has 2 aromatic carbocycles. The maximum absolute atomic E-state index is 13.9. The molecular formula is C16H9F7N2O2S. The predicted molar refractivity (Wildman–Crippen MR) is 86.1 cm³/mol. The van der Waals surface area contributed by atoms with Crippen LogP contribution in [0.25, 0.3) is 0 Å². The number of amides is 3. The van der Waals surface area contributed by atoms with Crippen LogP contribution in [0.4, 0.5) is 41.2 Å². The summed E-state index contributed by atoms with van der Waals surface area (Å²) in [7, 11) is 0. The second-order valence-corrected chi connectivity index (χ2v) is 6.33. The van der Waals surface area contributed by atoms with E-state index in [-0.39, 0.29) is 0 Å². The van der Waals surface area contributed by atoms with Gasteiger partial charge in [-0.3, -0.25) is 10.1 Å². The quantitative estimate of drug-likeness (QED) is 0.522. The van der Waals surface area contributed by atoms with E-state index in [0.717, 1.165) is 30.3 Å². The third-order valence-electron chi connectivity index (χ3n) is 3.11. The fourth-order valence-corrected chi connectivity index (χ4v) is 2.60. The molecule has 4 nitrogen and oxygen atoms in total. The number of benzene rings is 2. The van der Waals surface area contributed by atoms with E-state index >= 15 is 0 Å². The second-order valence-electron chi connectivity index (χ2n) is 5.11. The van der Waals surface area contributed by atoms with Gasteiger partial charge in [0.05, 0.1) is 5.69 Å². The van der Waals surface area contributed by atoms with Gasteiger partial charge in [-0.25, -0.2) is 26.7 Å². The third kappa shape index (κ3) is 5.15. The molecule has 0 fully saturated rings. The zero-order valence-electron chi connectivity index (χ0n) is 13.4. The Bertz CT molecular complexity index is 888. The van der Waals surface area contributed by atoms with Crippen molar-refractivity contribution in [2.24, 2.45) is 0 Å². The number of nitrogens with one attached hydrogen (secondary N) is 2. The fourth-order valence-electron chi connectivity index (χ4n) is 1.90. The first-order valence-corrected chi connectivity index (χ1v) is 8.04. The van der Waals surface area contributed by atoms with Crippen molar-refractivity contribution < 1.29 is 40.3 Å². The van der Waals surface area contributed by atoms with Crippen molar-refractivity contribution in [1.29, 1.82) is 0 Å². The highest BCUT2D eigenvalue weighted by Crippen LogP contribution is 2.41. The zero-order valence-corrected chi connectivity index (χ0v) is 14.2. The number of imide groups is 1. The summed E-state index contributed by atoms with van der Waals surface area (Å²) < 4.78 is 91.0. The lowest BCUT2D eigenvalue weighted by molar-refractivity contribution is -0.0563. The molecule has 0 aliphatic carbocycles. The van der Waals surface area contributed by atoms with Crippen molar-refractivity contribution in [2.45, 2.75) is 16.6 Å². The number of rotatable bonds is 5. The number of anilines is 1. The minimum absolute atomic E-state index is 0.467. The average Bonchev–Trinajstić information content (AvgIpc) is 2.56. The van der Waals surface area contributed by atoms with Crippen LogP contribution < -0.4 is 10.6 Å². The van der Waals surface area contributed by atoms with E-state index in [9.17, 15) is 40.3 Å². The van der Waals surface area contributed by atoms with Crippen molar-refractivity contribution in [3.63, 3.8) is 0 Å². The maximum atomic E-state index is 13.9. The van der Waals surface area contributed by atoms with Gasteiger partial charge in [-0.2, -0.15) is 8.78 Å². The lowest BCUT2D eigenvalue weighted by atomic mass is 10.2. The Labute approximate surface area is 157 Å². The Morgan fingerprint density at radius 1 is 0.964 bits per heavy atom. The second kappa shape index (κ2) is 8.50. The Balaban J connectivity index is 2.07. The number of carbonyl (C=O) groups is 2. The summed E-state index contributed by atoms with van der Waals surface area (Å²) in [5, 5.41) is -1.06. The molecule has 0 spiro atoms.